The molecule has 1 heteroatoms. The van der Waals surface area contributed by atoms with Gasteiger partial charge in [-0.25, -0.2) is 0 Å². The third-order valence-electron chi connectivity index (χ3n) is 4.69. The number of benzene rings is 2. The van der Waals surface area contributed by atoms with Gasteiger partial charge in [0.05, 0.1) is 0 Å². The molecule has 0 amide bonds. The minimum absolute atomic E-state index is 0.103. The van der Waals surface area contributed by atoms with Crippen LogP contribution in [0.15, 0.2) is 54.6 Å². The smallest absolute Gasteiger partial charge is 0.0393 e. The van der Waals surface area contributed by atoms with Gasteiger partial charge in [0, 0.05) is 11.5 Å². The third kappa shape index (κ3) is 2.27. The average Bonchev–Trinajstić information content (AvgIpc) is 3.29. The molecule has 1 nitrogen and oxygen atoms in total. The van der Waals surface area contributed by atoms with E-state index in [4.69, 9.17) is 5.73 Å². The lowest BCUT2D eigenvalue weighted by molar-refractivity contribution is 0.541. The zero-order chi connectivity index (χ0) is 14.2. The molecule has 1 fully saturated rings. The fourth-order valence-corrected chi connectivity index (χ4v) is 3.09. The first-order valence-corrected chi connectivity index (χ1v) is 7.54. The summed E-state index contributed by atoms with van der Waals surface area (Å²) >= 11 is 0. The number of rotatable bonds is 4. The summed E-state index contributed by atoms with van der Waals surface area (Å²) in [6.07, 6.45) is 2.40. The van der Waals surface area contributed by atoms with E-state index >= 15 is 0 Å². The van der Waals surface area contributed by atoms with E-state index < -0.39 is 0 Å². The van der Waals surface area contributed by atoms with Gasteiger partial charge in [0.15, 0.2) is 0 Å². The normalized spacial score (nSPS) is 18.0. The molecule has 1 aliphatic rings. The van der Waals surface area contributed by atoms with Crippen LogP contribution in [0.3, 0.4) is 0 Å². The summed E-state index contributed by atoms with van der Waals surface area (Å²) in [6, 6.07) is 19.7. The Bertz CT molecular complexity index is 564. The molecule has 0 saturated heterocycles. The van der Waals surface area contributed by atoms with Crippen LogP contribution in [0.4, 0.5) is 0 Å². The van der Waals surface area contributed by atoms with E-state index in [-0.39, 0.29) is 11.5 Å². The first-order chi connectivity index (χ1) is 9.63. The van der Waals surface area contributed by atoms with Gasteiger partial charge in [-0.1, -0.05) is 68.4 Å². The van der Waals surface area contributed by atoms with Gasteiger partial charge < -0.3 is 5.73 Å². The molecule has 1 saturated carbocycles. The lowest BCUT2D eigenvalue weighted by atomic mass is 9.84. The molecule has 0 bridgehead atoms. The van der Waals surface area contributed by atoms with Gasteiger partial charge in [-0.15, -0.1) is 0 Å². The lowest BCUT2D eigenvalue weighted by Gasteiger charge is -2.24. The van der Waals surface area contributed by atoms with Crippen molar-refractivity contribution in [2.75, 3.05) is 0 Å². The van der Waals surface area contributed by atoms with Gasteiger partial charge in [0.2, 0.25) is 0 Å². The molecule has 104 valence electrons. The van der Waals surface area contributed by atoms with Gasteiger partial charge in [-0.2, -0.15) is 0 Å². The predicted octanol–water partition coefficient (Wildman–Crippen LogP) is 4.54. The van der Waals surface area contributed by atoms with Crippen LogP contribution in [0.5, 0.6) is 0 Å². The zero-order valence-corrected chi connectivity index (χ0v) is 12.3. The van der Waals surface area contributed by atoms with Crippen molar-refractivity contribution in [2.45, 2.75) is 44.1 Å². The molecular weight excluding hydrogens is 242 g/mol. The highest BCUT2D eigenvalue weighted by Gasteiger charge is 2.49. The molecule has 0 aromatic heterocycles. The molecule has 0 aliphatic heterocycles. The largest absolute Gasteiger partial charge is 0.323 e. The molecular formula is C19H23N. The molecule has 2 aromatic rings. The summed E-state index contributed by atoms with van der Waals surface area (Å²) in [7, 11) is 0. The summed E-state index contributed by atoms with van der Waals surface area (Å²) in [4.78, 5) is 0. The Labute approximate surface area is 121 Å². The second kappa shape index (κ2) is 5.06. The minimum Gasteiger partial charge on any atom is -0.323 e. The number of hydrogen-bond donors (Lipinski definition) is 1. The Morgan fingerprint density at radius 2 is 1.40 bits per heavy atom. The molecule has 0 spiro atoms. The van der Waals surface area contributed by atoms with Crippen LogP contribution in [0.1, 0.15) is 55.3 Å². The van der Waals surface area contributed by atoms with Crippen molar-refractivity contribution in [2.24, 2.45) is 5.73 Å². The third-order valence-corrected chi connectivity index (χ3v) is 4.69. The second-order valence-electron chi connectivity index (χ2n) is 6.32. The Hall–Kier alpha value is -1.60. The maximum Gasteiger partial charge on any atom is 0.0393 e. The average molecular weight is 265 g/mol. The van der Waals surface area contributed by atoms with E-state index in [9.17, 15) is 0 Å². The second-order valence-corrected chi connectivity index (χ2v) is 6.32. The molecule has 0 radical (unpaired) electrons. The zero-order valence-electron chi connectivity index (χ0n) is 12.3. The standard InChI is InChI=1S/C19H23N/c1-14(2)15-8-10-16(11-9-15)18(20)19(12-13-19)17-6-4-3-5-7-17/h3-11,14,18H,12-13,20H2,1-2H3. The van der Waals surface area contributed by atoms with Crippen LogP contribution < -0.4 is 5.73 Å². The maximum atomic E-state index is 6.59. The van der Waals surface area contributed by atoms with E-state index in [0.717, 1.165) is 0 Å². The summed E-state index contributed by atoms with van der Waals surface area (Å²) in [5, 5.41) is 0. The molecule has 2 N–H and O–H groups in total. The van der Waals surface area contributed by atoms with E-state index in [1.807, 2.05) is 0 Å². The molecule has 3 rings (SSSR count). The van der Waals surface area contributed by atoms with Crippen LogP contribution in [0.2, 0.25) is 0 Å². The van der Waals surface area contributed by atoms with Crippen LogP contribution >= 0.6 is 0 Å². The highest BCUT2D eigenvalue weighted by Crippen LogP contribution is 2.55. The Balaban J connectivity index is 1.87. The van der Waals surface area contributed by atoms with Crippen molar-refractivity contribution >= 4 is 0 Å². The van der Waals surface area contributed by atoms with Crippen molar-refractivity contribution in [3.8, 4) is 0 Å². The lowest BCUT2D eigenvalue weighted by Crippen LogP contribution is -2.26. The maximum absolute atomic E-state index is 6.59. The Morgan fingerprint density at radius 3 is 1.90 bits per heavy atom. The van der Waals surface area contributed by atoms with Crippen molar-refractivity contribution in [3.63, 3.8) is 0 Å². The van der Waals surface area contributed by atoms with Crippen molar-refractivity contribution in [1.82, 2.24) is 0 Å². The molecule has 1 unspecified atom stereocenters. The minimum atomic E-state index is 0.103. The van der Waals surface area contributed by atoms with E-state index in [0.29, 0.717) is 5.92 Å². The van der Waals surface area contributed by atoms with Gasteiger partial charge in [0.25, 0.3) is 0 Å². The molecule has 1 aliphatic carbocycles. The van der Waals surface area contributed by atoms with Gasteiger partial charge in [-0.3, -0.25) is 0 Å². The van der Waals surface area contributed by atoms with Gasteiger partial charge >= 0.3 is 0 Å². The van der Waals surface area contributed by atoms with Crippen LogP contribution in [-0.4, -0.2) is 0 Å². The summed E-state index contributed by atoms with van der Waals surface area (Å²) in [5.41, 5.74) is 10.8. The summed E-state index contributed by atoms with van der Waals surface area (Å²) < 4.78 is 0. The monoisotopic (exact) mass is 265 g/mol. The molecule has 2 aromatic carbocycles. The first-order valence-electron chi connectivity index (χ1n) is 7.54. The fraction of sp³-hybridized carbons (Fsp3) is 0.368. The fourth-order valence-electron chi connectivity index (χ4n) is 3.09. The topological polar surface area (TPSA) is 26.0 Å². The van der Waals surface area contributed by atoms with Crippen molar-refractivity contribution in [1.29, 1.82) is 0 Å². The highest BCUT2D eigenvalue weighted by atomic mass is 14.7. The highest BCUT2D eigenvalue weighted by molar-refractivity contribution is 5.39. The molecule has 1 atom stereocenters. The van der Waals surface area contributed by atoms with Gasteiger partial charge in [0.1, 0.15) is 0 Å². The Kier molecular flexibility index (Phi) is 3.39. The van der Waals surface area contributed by atoms with Crippen molar-refractivity contribution < 1.29 is 0 Å². The number of nitrogens with two attached hydrogens (primary N) is 1. The summed E-state index contributed by atoms with van der Waals surface area (Å²) in [5.74, 6) is 0.573. The molecule has 20 heavy (non-hydrogen) atoms. The quantitative estimate of drug-likeness (QED) is 0.862. The van der Waals surface area contributed by atoms with Crippen LogP contribution in [0, 0.1) is 0 Å². The Morgan fingerprint density at radius 1 is 0.850 bits per heavy atom. The van der Waals surface area contributed by atoms with E-state index in [1.165, 1.54) is 29.5 Å². The SMILES string of the molecule is CC(C)c1ccc(C(N)C2(c3ccccc3)CC2)cc1. The molecule has 0 heterocycles. The summed E-state index contributed by atoms with van der Waals surface area (Å²) in [6.45, 7) is 4.45. The van der Waals surface area contributed by atoms with Crippen LogP contribution in [0.25, 0.3) is 0 Å². The number of hydrogen-bond acceptors (Lipinski definition) is 1. The van der Waals surface area contributed by atoms with Gasteiger partial charge in [-0.05, 0) is 35.4 Å². The predicted molar refractivity (Wildman–Crippen MR) is 84.8 cm³/mol. The van der Waals surface area contributed by atoms with E-state index in [1.54, 1.807) is 0 Å². The van der Waals surface area contributed by atoms with Crippen LogP contribution in [-0.2, 0) is 5.41 Å². The van der Waals surface area contributed by atoms with E-state index in [2.05, 4.69) is 68.4 Å². The first kappa shape index (κ1) is 13.4. The van der Waals surface area contributed by atoms with Crippen molar-refractivity contribution in [3.05, 3.63) is 71.3 Å².